The second-order valence-corrected chi connectivity index (χ2v) is 3.39. The van der Waals surface area contributed by atoms with Crippen molar-refractivity contribution in [3.8, 4) is 0 Å². The standard InChI is InChI=1S/C10H5F5NO3.Fm/c11-5-3(1-4(10(18)19)16-2-17)6(12)8(14)9(15)7(5)13;/h4H,1H2,(H,16,17)(H,18,19);/q-1;. The van der Waals surface area contributed by atoms with Gasteiger partial charge in [-0.05, 0) is 0 Å². The molecule has 1 rings (SSSR count). The first-order valence-corrected chi connectivity index (χ1v) is 4.67. The van der Waals surface area contributed by atoms with Crippen molar-refractivity contribution in [2.24, 2.45) is 0 Å². The number of amides is 1. The van der Waals surface area contributed by atoms with Gasteiger partial charge in [0, 0.05) is 12.0 Å². The van der Waals surface area contributed by atoms with Crippen molar-refractivity contribution in [2.45, 2.75) is 12.5 Å². The van der Waals surface area contributed by atoms with Crippen molar-refractivity contribution >= 4 is 12.4 Å². The summed E-state index contributed by atoms with van der Waals surface area (Å²) in [6.45, 7) is 0. The van der Waals surface area contributed by atoms with Gasteiger partial charge in [0.2, 0.25) is 5.82 Å². The molecular formula is C10H5F5FmNO3-. The number of hydrogen-bond donors (Lipinski definition) is 2. The smallest absolute Gasteiger partial charge is 0.323 e. The Labute approximate surface area is 102 Å². The maximum Gasteiger partial charge on any atom is 0.323 e. The predicted molar refractivity (Wildman–Crippen MR) is 50.2 cm³/mol. The molecule has 0 aliphatic heterocycles. The van der Waals surface area contributed by atoms with Gasteiger partial charge in [0.15, 0.2) is 23.3 Å². The Bertz CT molecular complexity index is 511. The van der Waals surface area contributed by atoms with E-state index in [2.05, 4.69) is 0 Å². The largest absolute Gasteiger partial charge is 0.520 e. The average Bonchev–Trinajstić information content (AvgIpc) is 2.37. The molecule has 0 aliphatic carbocycles. The summed E-state index contributed by atoms with van der Waals surface area (Å²) < 4.78 is 64.8. The van der Waals surface area contributed by atoms with E-state index >= 15 is 0 Å². The Morgan fingerprint density at radius 1 is 1.05 bits per heavy atom. The number of carbonyl (C=O) groups is 1. The summed E-state index contributed by atoms with van der Waals surface area (Å²) in [5.41, 5.74) is -1.33. The fourth-order valence-electron chi connectivity index (χ4n) is 1.30. The molecule has 0 radical (unpaired) electrons. The van der Waals surface area contributed by atoms with Gasteiger partial charge in [-0.25, -0.2) is 22.0 Å². The van der Waals surface area contributed by atoms with E-state index in [0.29, 0.717) is 0 Å². The van der Waals surface area contributed by atoms with Crippen LogP contribution in [-0.4, -0.2) is 23.5 Å². The van der Waals surface area contributed by atoms with Gasteiger partial charge in [0.25, 0.3) is 0 Å². The zero-order chi connectivity index (χ0) is 14.7. The van der Waals surface area contributed by atoms with E-state index in [0.717, 1.165) is 6.41 Å². The van der Waals surface area contributed by atoms with E-state index in [4.69, 9.17) is 5.11 Å². The van der Waals surface area contributed by atoms with E-state index in [-0.39, 0.29) is 0 Å². The van der Waals surface area contributed by atoms with Gasteiger partial charge >= 0.3 is 5.97 Å². The van der Waals surface area contributed by atoms with Crippen LogP contribution in [0.3, 0.4) is 0 Å². The minimum absolute atomic E-state index is 0. The van der Waals surface area contributed by atoms with Gasteiger partial charge in [0.1, 0.15) is 6.04 Å². The van der Waals surface area contributed by atoms with Crippen LogP contribution in [0.2, 0.25) is 0 Å². The monoisotopic (exact) mass is 539 g/mol. The topological polar surface area (TPSA) is 66.4 Å². The third-order valence-electron chi connectivity index (χ3n) is 2.24. The van der Waals surface area contributed by atoms with Crippen molar-refractivity contribution in [2.75, 3.05) is 0 Å². The van der Waals surface area contributed by atoms with Crippen LogP contribution < -0.4 is 5.32 Å². The van der Waals surface area contributed by atoms with E-state index < -0.39 is 53.1 Å². The number of carboxylic acid groups (broad SMARTS) is 1. The number of benzene rings is 1. The summed E-state index contributed by atoms with van der Waals surface area (Å²) in [6.07, 6.45) is -0.153. The second-order valence-electron chi connectivity index (χ2n) is 3.39. The third-order valence-corrected chi connectivity index (χ3v) is 2.24. The summed E-state index contributed by atoms with van der Waals surface area (Å²) in [5, 5.41) is 10.2. The molecular weight excluding hydrogens is 534 g/mol. The van der Waals surface area contributed by atoms with Crippen molar-refractivity contribution in [1.82, 2.24) is 5.32 Å². The fourth-order valence-corrected chi connectivity index (χ4v) is 1.30. The van der Waals surface area contributed by atoms with Gasteiger partial charge < -0.3 is 15.2 Å². The van der Waals surface area contributed by atoms with Crippen molar-refractivity contribution in [3.63, 3.8) is 0 Å². The maximum absolute atomic E-state index is 13.2. The molecule has 0 aliphatic rings. The van der Waals surface area contributed by atoms with Gasteiger partial charge in [-0.15, -0.1) is 0 Å². The second kappa shape index (κ2) is 6.12. The fraction of sp³-hybridized carbons (Fsp3) is 0.200. The molecule has 1 aromatic rings. The third kappa shape index (κ3) is 2.79. The summed E-state index contributed by atoms with van der Waals surface area (Å²) >= 11 is 0. The van der Waals surface area contributed by atoms with Crippen molar-refractivity contribution in [3.05, 3.63) is 34.6 Å². The molecule has 4 nitrogen and oxygen atoms in total. The minimum Gasteiger partial charge on any atom is -0.520 e. The molecule has 0 heterocycles. The molecule has 0 saturated carbocycles. The minimum atomic E-state index is -2.35. The first kappa shape index (κ1) is 16.8. The SMILES string of the molecule is O=[C-]NC(Cc1c(F)c(F)c(F)c(F)c1F)C(=O)O.[Fm]. The molecule has 0 bridgehead atoms. The van der Waals surface area contributed by atoms with Crippen LogP contribution >= 0.6 is 0 Å². The Hall–Kier alpha value is -3.19. The molecule has 0 spiro atoms. The van der Waals surface area contributed by atoms with Crippen LogP contribution in [0, 0.1) is 29.1 Å². The summed E-state index contributed by atoms with van der Waals surface area (Å²) in [6, 6.07) is -1.87. The molecule has 1 amide bonds. The van der Waals surface area contributed by atoms with Gasteiger partial charge in [-0.2, -0.15) is 6.41 Å². The first-order valence-electron chi connectivity index (χ1n) is 4.67. The normalized spacial score (nSPS) is 11.4. The van der Waals surface area contributed by atoms with Gasteiger partial charge in [-0.1, -0.05) is 0 Å². The summed E-state index contributed by atoms with van der Waals surface area (Å²) in [7, 11) is 0. The van der Waals surface area contributed by atoms with E-state index in [1.54, 1.807) is 5.32 Å². The Kier molecular flexibility index (Phi) is 5.14. The molecule has 0 fully saturated rings. The molecule has 1 unspecified atom stereocenters. The zero-order valence-corrected chi connectivity index (χ0v) is 11.6. The van der Waals surface area contributed by atoms with Crippen LogP contribution in [0.1, 0.15) is 5.56 Å². The van der Waals surface area contributed by atoms with Crippen LogP contribution in [0.15, 0.2) is 0 Å². The van der Waals surface area contributed by atoms with Gasteiger partial charge in [-0.3, -0.25) is 4.79 Å². The molecule has 20 heavy (non-hydrogen) atoms. The molecule has 0 saturated heterocycles. The number of rotatable bonds is 5. The molecule has 1 aromatic carbocycles. The number of nitrogens with one attached hydrogen (secondary N) is 1. The Morgan fingerprint density at radius 3 is 1.80 bits per heavy atom. The summed E-state index contributed by atoms with van der Waals surface area (Å²) in [4.78, 5) is 20.6. The molecule has 1 atom stereocenters. The van der Waals surface area contributed by atoms with E-state index in [9.17, 15) is 31.5 Å². The van der Waals surface area contributed by atoms with Crippen LogP contribution in [0.25, 0.3) is 0 Å². The molecule has 116 valence electrons. The van der Waals surface area contributed by atoms with E-state index in [1.165, 1.54) is 0 Å². The Morgan fingerprint density at radius 2 is 1.45 bits per heavy atom. The Balaban J connectivity index is 0.00000361. The number of halogens is 5. The number of carboxylic acids is 1. The molecule has 0 aromatic heterocycles. The number of hydrogen-bond acceptors (Lipinski definition) is 2. The van der Waals surface area contributed by atoms with Crippen LogP contribution in [0.4, 0.5) is 22.0 Å². The van der Waals surface area contributed by atoms with Crippen molar-refractivity contribution < 1.29 is 36.6 Å². The van der Waals surface area contributed by atoms with Gasteiger partial charge in [0.05, 0.1) is 0 Å². The summed E-state index contributed by atoms with van der Waals surface area (Å²) in [5.74, 6) is -12.7. The predicted octanol–water partition coefficient (Wildman–Crippen LogP) is 1.03. The van der Waals surface area contributed by atoms with Crippen molar-refractivity contribution in [1.29, 1.82) is 0 Å². The number of carbonyl (C=O) groups excluding carboxylic acids is 1. The maximum atomic E-state index is 13.2. The number of aliphatic carboxylic acids is 1. The van der Waals surface area contributed by atoms with E-state index in [1.807, 2.05) is 0 Å². The quantitative estimate of drug-likeness (QED) is 0.193. The first-order chi connectivity index (χ1) is 8.81. The van der Waals surface area contributed by atoms with Crippen LogP contribution in [-0.2, 0) is 16.0 Å². The zero-order valence-electron chi connectivity index (χ0n) is 9.23. The molecule has 10 heteroatoms. The average molecular weight is 539 g/mol. The van der Waals surface area contributed by atoms with Crippen LogP contribution in [0.5, 0.6) is 0 Å². The molecule has 2 N–H and O–H groups in total.